The molecule has 1 saturated heterocycles. The lowest BCUT2D eigenvalue weighted by Crippen LogP contribution is -2.52. The van der Waals surface area contributed by atoms with E-state index >= 15 is 0 Å². The summed E-state index contributed by atoms with van der Waals surface area (Å²) in [6, 6.07) is 5.35. The second-order valence-corrected chi connectivity index (χ2v) is 7.34. The Balaban J connectivity index is 1.73. The minimum atomic E-state index is -0.159. The summed E-state index contributed by atoms with van der Waals surface area (Å²) in [5.74, 6) is -0.159. The molecular formula is C17H24BrFN2. The van der Waals surface area contributed by atoms with E-state index in [2.05, 4.69) is 26.1 Å². The van der Waals surface area contributed by atoms with Crippen LogP contribution in [0, 0.1) is 5.82 Å². The Kier molecular flexibility index (Phi) is 4.97. The summed E-state index contributed by atoms with van der Waals surface area (Å²) < 4.78 is 14.3. The third-order valence-corrected chi connectivity index (χ3v) is 5.80. The first-order valence-corrected chi connectivity index (χ1v) is 8.88. The molecule has 1 saturated carbocycles. The summed E-state index contributed by atoms with van der Waals surface area (Å²) in [4.78, 5) is 2.50. The van der Waals surface area contributed by atoms with Crippen molar-refractivity contribution in [3.05, 3.63) is 34.1 Å². The zero-order chi connectivity index (χ0) is 14.7. The fourth-order valence-electron chi connectivity index (χ4n) is 3.83. The van der Waals surface area contributed by atoms with Crippen LogP contribution in [0.3, 0.4) is 0 Å². The largest absolute Gasteiger partial charge is 0.310 e. The second kappa shape index (κ2) is 6.76. The molecule has 1 aliphatic heterocycles. The topological polar surface area (TPSA) is 15.3 Å². The number of nitrogens with one attached hydrogen (secondary N) is 1. The van der Waals surface area contributed by atoms with Crippen molar-refractivity contribution in [3.63, 3.8) is 0 Å². The van der Waals surface area contributed by atoms with Crippen LogP contribution in [-0.2, 0) is 6.54 Å². The number of nitrogens with zero attached hydrogens (tertiary/aromatic N) is 1. The highest BCUT2D eigenvalue weighted by Crippen LogP contribution is 2.31. The highest BCUT2D eigenvalue weighted by Gasteiger charge is 2.34. The molecule has 4 heteroatoms. The zero-order valence-corrected chi connectivity index (χ0v) is 14.1. The van der Waals surface area contributed by atoms with E-state index in [-0.39, 0.29) is 5.82 Å². The molecule has 0 radical (unpaired) electrons. The van der Waals surface area contributed by atoms with E-state index in [1.54, 1.807) is 0 Å². The van der Waals surface area contributed by atoms with Gasteiger partial charge in [0, 0.05) is 18.6 Å². The Morgan fingerprint density at radius 3 is 2.81 bits per heavy atom. The first-order chi connectivity index (χ1) is 10.2. The number of benzene rings is 1. The number of hydrogen-bond donors (Lipinski definition) is 1. The summed E-state index contributed by atoms with van der Waals surface area (Å²) in [6.45, 7) is 4.14. The minimum absolute atomic E-state index is 0.159. The Morgan fingerprint density at radius 2 is 2.00 bits per heavy atom. The minimum Gasteiger partial charge on any atom is -0.310 e. The monoisotopic (exact) mass is 354 g/mol. The highest BCUT2D eigenvalue weighted by molar-refractivity contribution is 9.10. The van der Waals surface area contributed by atoms with Crippen molar-refractivity contribution in [1.82, 2.24) is 10.2 Å². The molecule has 1 N–H and O–H groups in total. The first-order valence-electron chi connectivity index (χ1n) is 8.09. The average Bonchev–Trinajstić information content (AvgIpc) is 2.67. The van der Waals surface area contributed by atoms with Gasteiger partial charge in [0.25, 0.3) is 0 Å². The van der Waals surface area contributed by atoms with Gasteiger partial charge in [-0.25, -0.2) is 4.39 Å². The molecule has 2 nitrogen and oxygen atoms in total. The molecule has 0 atom stereocenters. The molecule has 1 spiro atoms. The number of hydrogen-bond acceptors (Lipinski definition) is 2. The summed E-state index contributed by atoms with van der Waals surface area (Å²) in [5.41, 5.74) is 1.36. The molecule has 21 heavy (non-hydrogen) atoms. The van der Waals surface area contributed by atoms with E-state index in [9.17, 15) is 4.39 Å². The van der Waals surface area contributed by atoms with Gasteiger partial charge in [-0.05, 0) is 59.9 Å². The lowest BCUT2D eigenvalue weighted by atomic mass is 9.81. The molecule has 0 unspecified atom stereocenters. The molecule has 0 aromatic heterocycles. The third kappa shape index (κ3) is 3.66. The predicted octanol–water partition coefficient (Wildman–Crippen LogP) is 4.09. The van der Waals surface area contributed by atoms with Crippen LogP contribution in [0.4, 0.5) is 4.39 Å². The quantitative estimate of drug-likeness (QED) is 0.860. The van der Waals surface area contributed by atoms with E-state index in [1.807, 2.05) is 12.1 Å². The second-order valence-electron chi connectivity index (χ2n) is 6.54. The maximum atomic E-state index is 13.7. The van der Waals surface area contributed by atoms with Crippen molar-refractivity contribution in [2.24, 2.45) is 0 Å². The molecule has 0 amide bonds. The smallest absolute Gasteiger partial charge is 0.137 e. The van der Waals surface area contributed by atoms with Crippen LogP contribution in [-0.4, -0.2) is 30.1 Å². The Bertz CT molecular complexity index is 486. The summed E-state index contributed by atoms with van der Waals surface area (Å²) in [6.07, 6.45) is 7.80. The van der Waals surface area contributed by atoms with Crippen molar-refractivity contribution in [3.8, 4) is 0 Å². The van der Waals surface area contributed by atoms with E-state index < -0.39 is 0 Å². The molecule has 3 rings (SSSR count). The van der Waals surface area contributed by atoms with Crippen molar-refractivity contribution < 1.29 is 4.39 Å². The highest BCUT2D eigenvalue weighted by atomic mass is 79.9. The lowest BCUT2D eigenvalue weighted by molar-refractivity contribution is 0.159. The first kappa shape index (κ1) is 15.4. The van der Waals surface area contributed by atoms with Crippen molar-refractivity contribution in [2.45, 2.75) is 50.6 Å². The van der Waals surface area contributed by atoms with Gasteiger partial charge in [0.05, 0.1) is 4.47 Å². The Morgan fingerprint density at radius 1 is 1.19 bits per heavy atom. The Hall–Kier alpha value is -0.450. The van der Waals surface area contributed by atoms with Crippen molar-refractivity contribution in [2.75, 3.05) is 19.6 Å². The molecule has 2 fully saturated rings. The predicted molar refractivity (Wildman–Crippen MR) is 87.8 cm³/mol. The van der Waals surface area contributed by atoms with Crippen LogP contribution < -0.4 is 5.32 Å². The van der Waals surface area contributed by atoms with E-state index in [0.717, 1.165) is 31.7 Å². The maximum absolute atomic E-state index is 13.7. The van der Waals surface area contributed by atoms with Crippen molar-refractivity contribution >= 4 is 15.9 Å². The van der Waals surface area contributed by atoms with E-state index in [1.165, 1.54) is 44.6 Å². The van der Waals surface area contributed by atoms with Gasteiger partial charge >= 0.3 is 0 Å². The van der Waals surface area contributed by atoms with E-state index in [4.69, 9.17) is 0 Å². The van der Waals surface area contributed by atoms with Gasteiger partial charge in [0.15, 0.2) is 0 Å². The van der Waals surface area contributed by atoms with Gasteiger partial charge in [-0.15, -0.1) is 0 Å². The van der Waals surface area contributed by atoms with Crippen LogP contribution in [0.15, 0.2) is 22.7 Å². The molecule has 2 aliphatic rings. The fraction of sp³-hybridized carbons (Fsp3) is 0.647. The molecule has 1 aromatic rings. The summed E-state index contributed by atoms with van der Waals surface area (Å²) in [5, 5.41) is 3.81. The van der Waals surface area contributed by atoms with Crippen LogP contribution >= 0.6 is 15.9 Å². The zero-order valence-electron chi connectivity index (χ0n) is 12.5. The van der Waals surface area contributed by atoms with Crippen molar-refractivity contribution in [1.29, 1.82) is 0 Å². The van der Waals surface area contributed by atoms with Gasteiger partial charge in [-0.1, -0.05) is 31.4 Å². The summed E-state index contributed by atoms with van der Waals surface area (Å²) >= 11 is 3.40. The number of halogens is 2. The SMILES string of the molecule is Fc1cccc(CN2CCCNC3(CCCCC3)C2)c1Br. The fourth-order valence-corrected chi connectivity index (χ4v) is 4.22. The van der Waals surface area contributed by atoms with Gasteiger partial charge in [-0.2, -0.15) is 0 Å². The summed E-state index contributed by atoms with van der Waals surface area (Å²) in [7, 11) is 0. The average molecular weight is 355 g/mol. The standard InChI is InChI=1S/C17H24BrFN2/c18-16-14(6-4-7-15(16)19)12-21-11-5-10-20-17(13-21)8-2-1-3-9-17/h4,6-7,20H,1-3,5,8-13H2. The number of rotatable bonds is 2. The molecule has 116 valence electrons. The maximum Gasteiger partial charge on any atom is 0.137 e. The third-order valence-electron chi connectivity index (χ3n) is 4.91. The molecule has 1 aromatic carbocycles. The molecule has 0 bridgehead atoms. The van der Waals surface area contributed by atoms with Gasteiger partial charge < -0.3 is 5.32 Å². The molecular weight excluding hydrogens is 331 g/mol. The van der Waals surface area contributed by atoms with Gasteiger partial charge in [0.1, 0.15) is 5.82 Å². The van der Waals surface area contributed by atoms with Crippen LogP contribution in [0.25, 0.3) is 0 Å². The van der Waals surface area contributed by atoms with Crippen LogP contribution in [0.1, 0.15) is 44.1 Å². The lowest BCUT2D eigenvalue weighted by Gasteiger charge is -2.40. The van der Waals surface area contributed by atoms with Gasteiger partial charge in [-0.3, -0.25) is 4.90 Å². The van der Waals surface area contributed by atoms with Crippen LogP contribution in [0.5, 0.6) is 0 Å². The molecule has 1 heterocycles. The molecule has 1 aliphatic carbocycles. The Labute approximate surface area is 135 Å². The normalized spacial score (nSPS) is 23.1. The van der Waals surface area contributed by atoms with Crippen LogP contribution in [0.2, 0.25) is 0 Å². The van der Waals surface area contributed by atoms with E-state index in [0.29, 0.717) is 10.0 Å². The van der Waals surface area contributed by atoms with Gasteiger partial charge in [0.2, 0.25) is 0 Å².